The molecule has 2 aromatic carbocycles. The number of rotatable bonds is 3. The molecule has 0 amide bonds. The highest BCUT2D eigenvalue weighted by Gasteiger charge is 2.31. The molecule has 0 aromatic heterocycles. The Bertz CT molecular complexity index is 806. The Morgan fingerprint density at radius 2 is 1.68 bits per heavy atom. The molecule has 0 unspecified atom stereocenters. The first-order valence-electron chi connectivity index (χ1n) is 5.75. The Labute approximate surface area is 128 Å². The van der Waals surface area contributed by atoms with Crippen LogP contribution in [0, 0.1) is 5.82 Å². The van der Waals surface area contributed by atoms with Gasteiger partial charge in [-0.3, -0.25) is 4.72 Å². The van der Waals surface area contributed by atoms with E-state index in [1.54, 1.807) is 0 Å². The van der Waals surface area contributed by atoms with Gasteiger partial charge in [-0.15, -0.1) is 0 Å². The van der Waals surface area contributed by atoms with E-state index in [0.717, 1.165) is 18.2 Å². The first kappa shape index (κ1) is 16.6. The highest BCUT2D eigenvalue weighted by Crippen LogP contribution is 2.34. The van der Waals surface area contributed by atoms with Crippen molar-refractivity contribution in [2.45, 2.75) is 11.1 Å². The van der Waals surface area contributed by atoms with Crippen molar-refractivity contribution in [3.05, 3.63) is 58.9 Å². The van der Waals surface area contributed by atoms with Crippen LogP contribution >= 0.6 is 11.6 Å². The fraction of sp³-hybridized carbons (Fsp3) is 0.0769. The molecule has 0 heterocycles. The van der Waals surface area contributed by atoms with Crippen molar-refractivity contribution < 1.29 is 26.0 Å². The summed E-state index contributed by atoms with van der Waals surface area (Å²) in [4.78, 5) is -0.691. The van der Waals surface area contributed by atoms with Gasteiger partial charge < -0.3 is 0 Å². The third kappa shape index (κ3) is 3.50. The molecular formula is C13H8ClF4NO2S. The van der Waals surface area contributed by atoms with Crippen molar-refractivity contribution in [2.24, 2.45) is 0 Å². The van der Waals surface area contributed by atoms with Crippen LogP contribution in [0.25, 0.3) is 0 Å². The smallest absolute Gasteiger partial charge is 0.278 e. The van der Waals surface area contributed by atoms with Gasteiger partial charge >= 0.3 is 6.18 Å². The van der Waals surface area contributed by atoms with Crippen LogP contribution in [0.3, 0.4) is 0 Å². The zero-order chi connectivity index (χ0) is 16.5. The Kier molecular flexibility index (Phi) is 4.35. The maximum absolute atomic E-state index is 13.5. The van der Waals surface area contributed by atoms with Gasteiger partial charge in [0.2, 0.25) is 0 Å². The second-order valence-electron chi connectivity index (χ2n) is 4.23. The van der Waals surface area contributed by atoms with Gasteiger partial charge in [0.1, 0.15) is 10.7 Å². The normalized spacial score (nSPS) is 12.2. The van der Waals surface area contributed by atoms with Crippen LogP contribution in [-0.2, 0) is 16.2 Å². The van der Waals surface area contributed by atoms with Crippen LogP contribution in [0.1, 0.15) is 5.56 Å². The van der Waals surface area contributed by atoms with Gasteiger partial charge in [-0.05, 0) is 30.3 Å². The lowest BCUT2D eigenvalue weighted by Crippen LogP contribution is -2.15. The van der Waals surface area contributed by atoms with Crippen molar-refractivity contribution in [3.8, 4) is 0 Å². The molecule has 0 fully saturated rings. The topological polar surface area (TPSA) is 46.2 Å². The van der Waals surface area contributed by atoms with Gasteiger partial charge in [0.15, 0.2) is 0 Å². The standard InChI is InChI=1S/C13H8ClF4NO2S/c14-9-6-5-8(13(16,17)18)7-11(9)19-22(20,21)12-4-2-1-3-10(12)15/h1-7,19H. The van der Waals surface area contributed by atoms with Crippen molar-refractivity contribution >= 4 is 27.3 Å². The Morgan fingerprint density at radius 3 is 2.27 bits per heavy atom. The molecule has 0 radical (unpaired) electrons. The predicted molar refractivity (Wildman–Crippen MR) is 73.7 cm³/mol. The molecule has 0 saturated heterocycles. The van der Waals surface area contributed by atoms with E-state index >= 15 is 0 Å². The molecule has 0 saturated carbocycles. The monoisotopic (exact) mass is 353 g/mol. The summed E-state index contributed by atoms with van der Waals surface area (Å²) in [7, 11) is -4.41. The van der Waals surface area contributed by atoms with E-state index < -0.39 is 38.2 Å². The van der Waals surface area contributed by atoms with Crippen LogP contribution in [0.2, 0.25) is 5.02 Å². The third-order valence-corrected chi connectivity index (χ3v) is 4.39. The number of anilines is 1. The predicted octanol–water partition coefficient (Wildman–Crippen LogP) is 4.30. The molecule has 3 nitrogen and oxygen atoms in total. The average Bonchev–Trinajstić information content (AvgIpc) is 2.40. The summed E-state index contributed by atoms with van der Waals surface area (Å²) >= 11 is 5.69. The molecule has 0 aliphatic rings. The van der Waals surface area contributed by atoms with E-state index in [4.69, 9.17) is 11.6 Å². The van der Waals surface area contributed by atoms with E-state index in [1.807, 2.05) is 4.72 Å². The summed E-state index contributed by atoms with van der Waals surface area (Å²) in [5.74, 6) is -1.03. The van der Waals surface area contributed by atoms with Gasteiger partial charge in [-0.1, -0.05) is 23.7 Å². The zero-order valence-corrected chi connectivity index (χ0v) is 12.2. The molecule has 9 heteroatoms. The second kappa shape index (κ2) is 5.77. The molecular weight excluding hydrogens is 346 g/mol. The SMILES string of the molecule is O=S(=O)(Nc1cc(C(F)(F)F)ccc1Cl)c1ccccc1F. The first-order valence-corrected chi connectivity index (χ1v) is 7.61. The summed E-state index contributed by atoms with van der Waals surface area (Å²) in [6.07, 6.45) is -4.66. The zero-order valence-electron chi connectivity index (χ0n) is 10.7. The summed E-state index contributed by atoms with van der Waals surface area (Å²) < 4.78 is 77.4. The lowest BCUT2D eigenvalue weighted by atomic mass is 10.2. The molecule has 1 N–H and O–H groups in total. The Balaban J connectivity index is 2.44. The van der Waals surface area contributed by atoms with Crippen LogP contribution in [0.15, 0.2) is 47.4 Å². The van der Waals surface area contributed by atoms with Crippen LogP contribution < -0.4 is 4.72 Å². The van der Waals surface area contributed by atoms with Crippen molar-refractivity contribution in [2.75, 3.05) is 4.72 Å². The maximum atomic E-state index is 13.5. The molecule has 22 heavy (non-hydrogen) atoms. The largest absolute Gasteiger partial charge is 0.416 e. The molecule has 0 atom stereocenters. The number of alkyl halides is 3. The van der Waals surface area contributed by atoms with Crippen molar-refractivity contribution in [1.82, 2.24) is 0 Å². The quantitative estimate of drug-likeness (QED) is 0.836. The molecule has 0 spiro atoms. The van der Waals surface area contributed by atoms with Crippen LogP contribution in [-0.4, -0.2) is 8.42 Å². The van der Waals surface area contributed by atoms with Gasteiger partial charge in [-0.25, -0.2) is 12.8 Å². The molecule has 118 valence electrons. The van der Waals surface area contributed by atoms with E-state index in [2.05, 4.69) is 0 Å². The lowest BCUT2D eigenvalue weighted by molar-refractivity contribution is -0.137. The number of hydrogen-bond acceptors (Lipinski definition) is 2. The van der Waals surface area contributed by atoms with Crippen molar-refractivity contribution in [3.63, 3.8) is 0 Å². The summed E-state index contributed by atoms with van der Waals surface area (Å²) in [5, 5.41) is -0.243. The van der Waals surface area contributed by atoms with Crippen molar-refractivity contribution in [1.29, 1.82) is 0 Å². The number of nitrogens with one attached hydrogen (secondary N) is 1. The van der Waals surface area contributed by atoms with E-state index in [0.29, 0.717) is 12.1 Å². The average molecular weight is 354 g/mol. The highest BCUT2D eigenvalue weighted by atomic mass is 35.5. The molecule has 0 aliphatic carbocycles. The Morgan fingerprint density at radius 1 is 1.05 bits per heavy atom. The van der Waals surface area contributed by atoms with Gasteiger partial charge in [0, 0.05) is 0 Å². The first-order chi connectivity index (χ1) is 10.1. The highest BCUT2D eigenvalue weighted by molar-refractivity contribution is 7.92. The minimum atomic E-state index is -4.66. The fourth-order valence-electron chi connectivity index (χ4n) is 1.64. The van der Waals surface area contributed by atoms with E-state index in [9.17, 15) is 26.0 Å². The molecule has 0 bridgehead atoms. The second-order valence-corrected chi connectivity index (χ2v) is 6.29. The van der Waals surface area contributed by atoms with Crippen LogP contribution in [0.5, 0.6) is 0 Å². The van der Waals surface area contributed by atoms with E-state index in [-0.39, 0.29) is 5.02 Å². The third-order valence-electron chi connectivity index (χ3n) is 2.66. The summed E-state index contributed by atoms with van der Waals surface area (Å²) in [5.41, 5.74) is -1.57. The number of sulfonamides is 1. The molecule has 2 rings (SSSR count). The number of benzene rings is 2. The molecule has 2 aromatic rings. The Hall–Kier alpha value is -1.80. The van der Waals surface area contributed by atoms with Crippen LogP contribution in [0.4, 0.5) is 23.2 Å². The summed E-state index contributed by atoms with van der Waals surface area (Å²) in [6.45, 7) is 0. The maximum Gasteiger partial charge on any atom is 0.416 e. The minimum absolute atomic E-state index is 0.243. The number of hydrogen-bond donors (Lipinski definition) is 1. The fourth-order valence-corrected chi connectivity index (χ4v) is 3.01. The van der Waals surface area contributed by atoms with Gasteiger partial charge in [0.25, 0.3) is 10.0 Å². The number of halogens is 5. The van der Waals surface area contributed by atoms with Gasteiger partial charge in [0.05, 0.1) is 16.3 Å². The van der Waals surface area contributed by atoms with E-state index in [1.165, 1.54) is 12.1 Å². The molecule has 0 aliphatic heterocycles. The lowest BCUT2D eigenvalue weighted by Gasteiger charge is -2.13. The minimum Gasteiger partial charge on any atom is -0.278 e. The van der Waals surface area contributed by atoms with Gasteiger partial charge in [-0.2, -0.15) is 13.2 Å². The summed E-state index contributed by atoms with van der Waals surface area (Å²) in [6, 6.07) is 6.63.